The van der Waals surface area contributed by atoms with Crippen LogP contribution < -0.4 is 0 Å². The second-order valence-electron chi connectivity index (χ2n) is 5.20. The SMILES string of the molecule is CCc1ncc(S(=O)(=O)N2CC(O)(C3CC3)C2)[nH]1. The Labute approximate surface area is 106 Å². The zero-order valence-electron chi connectivity index (χ0n) is 10.3. The summed E-state index contributed by atoms with van der Waals surface area (Å²) in [6.07, 6.45) is 4.03. The largest absolute Gasteiger partial charge is 0.387 e. The Morgan fingerprint density at radius 1 is 1.56 bits per heavy atom. The molecule has 1 saturated carbocycles. The number of β-amino-alcohol motifs (C(OH)–C–C–N with tert-alkyl or cyclic N) is 1. The Morgan fingerprint density at radius 3 is 2.72 bits per heavy atom. The first-order chi connectivity index (χ1) is 8.45. The predicted molar refractivity (Wildman–Crippen MR) is 64.4 cm³/mol. The van der Waals surface area contributed by atoms with Crippen LogP contribution in [0.4, 0.5) is 0 Å². The molecular formula is C11H17N3O3S. The molecule has 1 aromatic rings. The Hall–Kier alpha value is -0.920. The van der Waals surface area contributed by atoms with Crippen molar-refractivity contribution in [3.05, 3.63) is 12.0 Å². The summed E-state index contributed by atoms with van der Waals surface area (Å²) in [4.78, 5) is 6.80. The molecule has 0 aromatic carbocycles. The molecule has 0 amide bonds. The summed E-state index contributed by atoms with van der Waals surface area (Å²) in [6, 6.07) is 0. The van der Waals surface area contributed by atoms with Crippen molar-refractivity contribution in [1.29, 1.82) is 0 Å². The van der Waals surface area contributed by atoms with E-state index in [1.165, 1.54) is 10.5 Å². The maximum absolute atomic E-state index is 12.2. The molecule has 1 aliphatic heterocycles. The highest BCUT2D eigenvalue weighted by atomic mass is 32.2. The molecule has 18 heavy (non-hydrogen) atoms. The number of hydrogen-bond acceptors (Lipinski definition) is 4. The van der Waals surface area contributed by atoms with Crippen LogP contribution in [0.3, 0.4) is 0 Å². The molecule has 0 radical (unpaired) electrons. The molecule has 2 aliphatic rings. The lowest BCUT2D eigenvalue weighted by Crippen LogP contribution is -2.64. The predicted octanol–water partition coefficient (Wildman–Crippen LogP) is 0.117. The highest BCUT2D eigenvalue weighted by molar-refractivity contribution is 7.89. The monoisotopic (exact) mass is 271 g/mol. The highest BCUT2D eigenvalue weighted by Crippen LogP contribution is 2.45. The zero-order chi connectivity index (χ0) is 13.0. The minimum Gasteiger partial charge on any atom is -0.387 e. The molecule has 2 heterocycles. The molecule has 0 bridgehead atoms. The summed E-state index contributed by atoms with van der Waals surface area (Å²) in [5, 5.41) is 10.3. The van der Waals surface area contributed by atoms with Crippen molar-refractivity contribution in [3.8, 4) is 0 Å². The normalized spacial score (nSPS) is 23.9. The number of aryl methyl sites for hydroxylation is 1. The van der Waals surface area contributed by atoms with Gasteiger partial charge in [0.05, 0.1) is 11.8 Å². The van der Waals surface area contributed by atoms with Crippen LogP contribution in [-0.2, 0) is 16.4 Å². The van der Waals surface area contributed by atoms with Crippen molar-refractivity contribution < 1.29 is 13.5 Å². The number of rotatable bonds is 4. The van der Waals surface area contributed by atoms with E-state index in [2.05, 4.69) is 9.97 Å². The standard InChI is InChI=1S/C11H17N3O3S/c1-2-9-12-5-10(13-9)18(16,17)14-6-11(15,7-14)8-3-4-8/h5,8,15H,2-4,6-7H2,1H3,(H,12,13). The average molecular weight is 271 g/mol. The van der Waals surface area contributed by atoms with E-state index in [4.69, 9.17) is 0 Å². The summed E-state index contributed by atoms with van der Waals surface area (Å²) >= 11 is 0. The van der Waals surface area contributed by atoms with E-state index in [-0.39, 0.29) is 24.0 Å². The molecule has 2 N–H and O–H groups in total. The third-order valence-corrected chi connectivity index (χ3v) is 5.50. The van der Waals surface area contributed by atoms with Gasteiger partial charge in [-0.3, -0.25) is 0 Å². The van der Waals surface area contributed by atoms with Crippen LogP contribution in [-0.4, -0.2) is 46.5 Å². The summed E-state index contributed by atoms with van der Waals surface area (Å²) in [6.45, 7) is 2.33. The van der Waals surface area contributed by atoms with Crippen LogP contribution in [0.1, 0.15) is 25.6 Å². The fraction of sp³-hybridized carbons (Fsp3) is 0.727. The topological polar surface area (TPSA) is 86.3 Å². The zero-order valence-corrected chi connectivity index (χ0v) is 11.1. The molecular weight excluding hydrogens is 254 g/mol. The molecule has 0 atom stereocenters. The Bertz CT molecular complexity index is 556. The summed E-state index contributed by atoms with van der Waals surface area (Å²) in [5.74, 6) is 0.948. The van der Waals surface area contributed by atoms with Crippen molar-refractivity contribution in [2.75, 3.05) is 13.1 Å². The quantitative estimate of drug-likeness (QED) is 0.814. The van der Waals surface area contributed by atoms with Crippen molar-refractivity contribution in [2.24, 2.45) is 5.92 Å². The molecule has 100 valence electrons. The summed E-state index contributed by atoms with van der Waals surface area (Å²) in [5.41, 5.74) is -0.791. The van der Waals surface area contributed by atoms with Crippen molar-refractivity contribution in [3.63, 3.8) is 0 Å². The third kappa shape index (κ3) is 1.77. The van der Waals surface area contributed by atoms with Gasteiger partial charge in [0, 0.05) is 19.5 Å². The van der Waals surface area contributed by atoms with E-state index in [1.807, 2.05) is 6.92 Å². The highest BCUT2D eigenvalue weighted by Gasteiger charge is 2.55. The van der Waals surface area contributed by atoms with Gasteiger partial charge in [0.2, 0.25) is 0 Å². The number of aliphatic hydroxyl groups is 1. The first-order valence-electron chi connectivity index (χ1n) is 6.22. The van der Waals surface area contributed by atoms with Gasteiger partial charge in [0.1, 0.15) is 5.82 Å². The summed E-state index contributed by atoms with van der Waals surface area (Å²) < 4.78 is 25.8. The molecule has 6 nitrogen and oxygen atoms in total. The second-order valence-corrected chi connectivity index (χ2v) is 7.11. The van der Waals surface area contributed by atoms with Gasteiger partial charge in [-0.1, -0.05) is 6.92 Å². The maximum atomic E-state index is 12.2. The fourth-order valence-corrected chi connectivity index (χ4v) is 3.90. The van der Waals surface area contributed by atoms with Crippen LogP contribution in [0.15, 0.2) is 11.2 Å². The van der Waals surface area contributed by atoms with Gasteiger partial charge in [-0.05, 0) is 18.8 Å². The van der Waals surface area contributed by atoms with Crippen LogP contribution in [0.25, 0.3) is 0 Å². The first kappa shape index (κ1) is 12.1. The number of imidazole rings is 1. The molecule has 1 saturated heterocycles. The van der Waals surface area contributed by atoms with E-state index in [0.29, 0.717) is 12.2 Å². The number of hydrogen-bond donors (Lipinski definition) is 2. The fourth-order valence-electron chi connectivity index (χ4n) is 2.41. The van der Waals surface area contributed by atoms with Gasteiger partial charge in [-0.25, -0.2) is 13.4 Å². The van der Waals surface area contributed by atoms with E-state index < -0.39 is 15.6 Å². The maximum Gasteiger partial charge on any atom is 0.260 e. The van der Waals surface area contributed by atoms with Gasteiger partial charge in [-0.15, -0.1) is 0 Å². The second kappa shape index (κ2) is 3.79. The Morgan fingerprint density at radius 2 is 2.22 bits per heavy atom. The van der Waals surface area contributed by atoms with Crippen LogP contribution >= 0.6 is 0 Å². The number of nitrogens with one attached hydrogen (secondary N) is 1. The Balaban J connectivity index is 1.76. The van der Waals surface area contributed by atoms with Crippen molar-refractivity contribution in [1.82, 2.24) is 14.3 Å². The lowest BCUT2D eigenvalue weighted by molar-refractivity contribution is -0.0765. The molecule has 0 spiro atoms. The van der Waals surface area contributed by atoms with Crippen LogP contribution in [0.5, 0.6) is 0 Å². The number of aromatic nitrogens is 2. The van der Waals surface area contributed by atoms with Crippen molar-refractivity contribution in [2.45, 2.75) is 36.8 Å². The van der Waals surface area contributed by atoms with E-state index in [9.17, 15) is 13.5 Å². The molecule has 1 aliphatic carbocycles. The minimum atomic E-state index is -3.51. The molecule has 3 rings (SSSR count). The Kier molecular flexibility index (Phi) is 2.55. The summed E-state index contributed by atoms with van der Waals surface area (Å²) in [7, 11) is -3.51. The number of sulfonamides is 1. The van der Waals surface area contributed by atoms with E-state index >= 15 is 0 Å². The van der Waals surface area contributed by atoms with Crippen LogP contribution in [0, 0.1) is 5.92 Å². The molecule has 2 fully saturated rings. The van der Waals surface area contributed by atoms with Gasteiger partial charge >= 0.3 is 0 Å². The van der Waals surface area contributed by atoms with Gasteiger partial charge in [0.25, 0.3) is 10.0 Å². The lowest BCUT2D eigenvalue weighted by Gasteiger charge is -2.45. The smallest absolute Gasteiger partial charge is 0.260 e. The average Bonchev–Trinajstić information content (AvgIpc) is 3.02. The van der Waals surface area contributed by atoms with Gasteiger partial charge in [-0.2, -0.15) is 4.31 Å². The van der Waals surface area contributed by atoms with Gasteiger partial charge in [0.15, 0.2) is 5.03 Å². The van der Waals surface area contributed by atoms with Gasteiger partial charge < -0.3 is 10.1 Å². The lowest BCUT2D eigenvalue weighted by atomic mass is 9.91. The third-order valence-electron chi connectivity index (χ3n) is 3.80. The number of nitrogens with zero attached hydrogens (tertiary/aromatic N) is 2. The van der Waals surface area contributed by atoms with Crippen LogP contribution in [0.2, 0.25) is 0 Å². The molecule has 0 unspecified atom stereocenters. The number of H-pyrrole nitrogens is 1. The van der Waals surface area contributed by atoms with E-state index in [0.717, 1.165) is 12.8 Å². The van der Waals surface area contributed by atoms with E-state index in [1.54, 1.807) is 0 Å². The van der Waals surface area contributed by atoms with Crippen molar-refractivity contribution >= 4 is 10.0 Å². The minimum absolute atomic E-state index is 0.122. The number of aromatic amines is 1. The molecule has 7 heteroatoms. The molecule has 1 aromatic heterocycles. The first-order valence-corrected chi connectivity index (χ1v) is 7.66.